The van der Waals surface area contributed by atoms with Crippen LogP contribution in [-0.2, 0) is 0 Å². The molecule has 0 amide bonds. The Morgan fingerprint density at radius 3 is 1.54 bits per heavy atom. The van der Waals surface area contributed by atoms with Crippen LogP contribution in [0.5, 0.6) is 0 Å². The van der Waals surface area contributed by atoms with Crippen LogP contribution in [0, 0.1) is 0 Å². The zero-order chi connectivity index (χ0) is 37.6. The summed E-state index contributed by atoms with van der Waals surface area (Å²) in [6, 6.07) is 52.8. The number of aromatic nitrogens is 6. The number of hydrogen-bond donors (Lipinski definition) is 0. The molecule has 10 rings (SSSR count). The minimum atomic E-state index is 0.493. The van der Waals surface area contributed by atoms with Crippen LogP contribution in [0.25, 0.3) is 108 Å². The molecule has 0 aliphatic rings. The maximum absolute atomic E-state index is 6.52. The molecule has 6 aromatic carbocycles. The van der Waals surface area contributed by atoms with Crippen LogP contribution >= 0.6 is 0 Å². The van der Waals surface area contributed by atoms with Crippen LogP contribution in [0.2, 0.25) is 0 Å². The third-order valence-corrected chi connectivity index (χ3v) is 10.1. The second-order valence-electron chi connectivity index (χ2n) is 13.4. The molecule has 0 atom stereocenters. The highest BCUT2D eigenvalue weighted by Crippen LogP contribution is 2.39. The molecule has 0 aliphatic heterocycles. The maximum Gasteiger partial charge on any atom is 0.238 e. The van der Waals surface area contributed by atoms with Crippen LogP contribution in [-0.4, -0.2) is 29.5 Å². The average molecular weight is 721 g/mol. The molecule has 264 valence electrons. The van der Waals surface area contributed by atoms with Crippen molar-refractivity contribution >= 4 is 45.1 Å². The third kappa shape index (κ3) is 5.58. The Morgan fingerprint density at radius 1 is 0.464 bits per heavy atom. The second kappa shape index (κ2) is 13.6. The first-order valence-corrected chi connectivity index (χ1v) is 18.3. The molecule has 0 fully saturated rings. The first kappa shape index (κ1) is 32.8. The summed E-state index contributed by atoms with van der Waals surface area (Å²) in [6.45, 7) is 8.44. The quantitative estimate of drug-likeness (QED) is 0.155. The van der Waals surface area contributed by atoms with E-state index >= 15 is 0 Å². The summed E-state index contributed by atoms with van der Waals surface area (Å²) in [6.07, 6.45) is 3.71. The van der Waals surface area contributed by atoms with E-state index in [2.05, 4.69) is 43.5 Å². The minimum absolute atomic E-state index is 0.493. The normalized spacial score (nSPS) is 11.4. The highest BCUT2D eigenvalue weighted by molar-refractivity contribution is 6.08. The molecule has 7 heteroatoms. The van der Waals surface area contributed by atoms with Crippen LogP contribution in [0.15, 0.2) is 175 Å². The Balaban J connectivity index is 1.15. The van der Waals surface area contributed by atoms with Gasteiger partial charge in [0.1, 0.15) is 16.8 Å². The number of benzene rings is 6. The van der Waals surface area contributed by atoms with E-state index < -0.39 is 0 Å². The fourth-order valence-corrected chi connectivity index (χ4v) is 7.37. The van der Waals surface area contributed by atoms with E-state index in [1.807, 2.05) is 144 Å². The van der Waals surface area contributed by atoms with Gasteiger partial charge >= 0.3 is 0 Å². The van der Waals surface area contributed by atoms with Gasteiger partial charge in [-0.25, -0.2) is 15.0 Å². The molecule has 0 aliphatic carbocycles. The van der Waals surface area contributed by atoms with E-state index in [1.54, 1.807) is 0 Å². The van der Waals surface area contributed by atoms with Crippen molar-refractivity contribution < 1.29 is 4.42 Å². The molecule has 56 heavy (non-hydrogen) atoms. The van der Waals surface area contributed by atoms with E-state index in [4.69, 9.17) is 29.3 Å². The molecule has 0 saturated carbocycles. The topological polar surface area (TPSA) is 82.5 Å². The van der Waals surface area contributed by atoms with Crippen molar-refractivity contribution in [3.63, 3.8) is 0 Å². The van der Waals surface area contributed by atoms with Crippen LogP contribution in [0.4, 0.5) is 0 Å². The molecule has 0 bridgehead atoms. The highest BCUT2D eigenvalue weighted by atomic mass is 16.3. The molecular formula is C49H32N6O. The van der Waals surface area contributed by atoms with Gasteiger partial charge in [0, 0.05) is 38.6 Å². The van der Waals surface area contributed by atoms with Crippen molar-refractivity contribution in [3.05, 3.63) is 182 Å². The lowest BCUT2D eigenvalue weighted by Crippen LogP contribution is -2.07. The van der Waals surface area contributed by atoms with Crippen LogP contribution in [0.1, 0.15) is 11.3 Å². The van der Waals surface area contributed by atoms with Gasteiger partial charge in [0.05, 0.1) is 11.2 Å². The van der Waals surface area contributed by atoms with Gasteiger partial charge in [-0.1, -0.05) is 153 Å². The van der Waals surface area contributed by atoms with Crippen LogP contribution < -0.4 is 0 Å². The molecule has 4 aromatic heterocycles. The summed E-state index contributed by atoms with van der Waals surface area (Å²) >= 11 is 0. The van der Waals surface area contributed by atoms with Crippen molar-refractivity contribution in [2.45, 2.75) is 0 Å². The van der Waals surface area contributed by atoms with Gasteiger partial charge in [-0.05, 0) is 41.5 Å². The summed E-state index contributed by atoms with van der Waals surface area (Å²) in [4.78, 5) is 25.1. The van der Waals surface area contributed by atoms with Gasteiger partial charge < -0.3 is 4.42 Å². The lowest BCUT2D eigenvalue weighted by atomic mass is 10.0. The Labute approximate surface area is 322 Å². The molecule has 0 spiro atoms. The molecule has 0 radical (unpaired) electrons. The number of fused-ring (bicyclic) bond motifs is 4. The Bertz CT molecular complexity index is 3040. The van der Waals surface area contributed by atoms with Crippen molar-refractivity contribution in [1.29, 1.82) is 0 Å². The van der Waals surface area contributed by atoms with Crippen molar-refractivity contribution in [1.82, 2.24) is 29.5 Å². The fourth-order valence-electron chi connectivity index (χ4n) is 7.37. The largest absolute Gasteiger partial charge is 0.452 e. The number of rotatable bonds is 8. The number of furan rings is 1. The third-order valence-electron chi connectivity index (χ3n) is 10.1. The maximum atomic E-state index is 6.52. The molecule has 0 unspecified atom stereocenters. The summed E-state index contributed by atoms with van der Waals surface area (Å²) in [5, 5.41) is 1.90. The standard InChI is InChI=1S/C49H32N6O/c1-3-37-38-29-35(25-27-41(38)55(40(37)4-2)49-53-47(33-21-13-7-14-22-33)52-48(54-49)34-23-15-8-16-24-34)36-26-28-42-39(30-36)44-45(56-42)43(31-17-9-5-10-18-31)50-46(51-44)32-19-11-6-12-20-32/h3-30H,1-2H2. The second-order valence-corrected chi connectivity index (χ2v) is 13.4. The van der Waals surface area contributed by atoms with E-state index in [0.717, 1.165) is 77.7 Å². The highest BCUT2D eigenvalue weighted by Gasteiger charge is 2.22. The molecule has 7 nitrogen and oxygen atoms in total. The van der Waals surface area contributed by atoms with Crippen LogP contribution in [0.3, 0.4) is 0 Å². The van der Waals surface area contributed by atoms with E-state index in [1.165, 1.54) is 0 Å². The lowest BCUT2D eigenvalue weighted by molar-refractivity contribution is 0.667. The van der Waals surface area contributed by atoms with Gasteiger partial charge in [0.2, 0.25) is 5.95 Å². The SMILES string of the molecule is C=Cc1c(C=C)n(-c2nc(-c3ccccc3)nc(-c3ccccc3)n2)c2ccc(-c3ccc4oc5c(-c6ccccc6)nc(-c6ccccc6)nc5c4c3)cc12. The summed E-state index contributed by atoms with van der Waals surface area (Å²) < 4.78 is 8.57. The molecule has 0 N–H and O–H groups in total. The average Bonchev–Trinajstić information content (AvgIpc) is 3.81. The summed E-state index contributed by atoms with van der Waals surface area (Å²) in [7, 11) is 0. The predicted molar refractivity (Wildman–Crippen MR) is 227 cm³/mol. The van der Waals surface area contributed by atoms with Gasteiger partial charge in [0.15, 0.2) is 23.1 Å². The first-order valence-electron chi connectivity index (χ1n) is 18.3. The first-order chi connectivity index (χ1) is 27.7. The Morgan fingerprint density at radius 2 is 0.982 bits per heavy atom. The number of nitrogens with zero attached hydrogens (tertiary/aromatic N) is 6. The van der Waals surface area contributed by atoms with Crippen molar-refractivity contribution in [2.75, 3.05) is 0 Å². The van der Waals surface area contributed by atoms with E-state index in [-0.39, 0.29) is 0 Å². The lowest BCUT2D eigenvalue weighted by Gasteiger charge is -2.11. The van der Waals surface area contributed by atoms with Crippen molar-refractivity contribution in [2.24, 2.45) is 0 Å². The molecular weight excluding hydrogens is 689 g/mol. The smallest absolute Gasteiger partial charge is 0.238 e. The predicted octanol–water partition coefficient (Wildman–Crippen LogP) is 12.1. The Hall–Kier alpha value is -7.77. The monoisotopic (exact) mass is 720 g/mol. The summed E-state index contributed by atoms with van der Waals surface area (Å²) in [5.41, 5.74) is 11.4. The van der Waals surface area contributed by atoms with Crippen molar-refractivity contribution in [3.8, 4) is 62.5 Å². The van der Waals surface area contributed by atoms with Gasteiger partial charge in [-0.3, -0.25) is 4.57 Å². The van der Waals surface area contributed by atoms with Gasteiger partial charge in [-0.15, -0.1) is 0 Å². The zero-order valence-electron chi connectivity index (χ0n) is 30.2. The zero-order valence-corrected chi connectivity index (χ0v) is 30.2. The van der Waals surface area contributed by atoms with E-state index in [0.29, 0.717) is 29.0 Å². The minimum Gasteiger partial charge on any atom is -0.452 e. The molecule has 4 heterocycles. The molecule has 10 aromatic rings. The Kier molecular flexibility index (Phi) is 7.96. The van der Waals surface area contributed by atoms with Gasteiger partial charge in [-0.2, -0.15) is 9.97 Å². The fraction of sp³-hybridized carbons (Fsp3) is 0. The molecule has 0 saturated heterocycles. The number of hydrogen-bond acceptors (Lipinski definition) is 6. The van der Waals surface area contributed by atoms with E-state index in [9.17, 15) is 0 Å². The van der Waals surface area contributed by atoms with Gasteiger partial charge in [0.25, 0.3) is 0 Å². The summed E-state index contributed by atoms with van der Waals surface area (Å²) in [5.74, 6) is 2.30.